The van der Waals surface area contributed by atoms with Crippen LogP contribution in [0.3, 0.4) is 0 Å². The number of benzene rings is 1. The summed E-state index contributed by atoms with van der Waals surface area (Å²) < 4.78 is 46.4. The number of hydrogen-bond acceptors (Lipinski definition) is 3. The molecule has 8 heteroatoms. The highest BCUT2D eigenvalue weighted by Crippen LogP contribution is 2.41. The number of carbonyl (C=O) groups excluding carboxylic acids is 1. The maximum absolute atomic E-state index is 13.5. The molecule has 5 nitrogen and oxygen atoms in total. The maximum Gasteiger partial charge on any atom is 0.408 e. The summed E-state index contributed by atoms with van der Waals surface area (Å²) in [7, 11) is 0. The number of fused-ring (bicyclic) bond motifs is 1. The van der Waals surface area contributed by atoms with Gasteiger partial charge in [-0.1, -0.05) is 0 Å². The van der Waals surface area contributed by atoms with Crippen molar-refractivity contribution in [1.29, 1.82) is 0 Å². The van der Waals surface area contributed by atoms with E-state index in [0.717, 1.165) is 12.8 Å². The summed E-state index contributed by atoms with van der Waals surface area (Å²) in [6.45, 7) is 4.66. The molecule has 0 spiro atoms. The van der Waals surface area contributed by atoms with Gasteiger partial charge in [-0.15, -0.1) is 0 Å². The minimum Gasteiger partial charge on any atom is -0.444 e. The van der Waals surface area contributed by atoms with Crippen molar-refractivity contribution in [2.45, 2.75) is 58.2 Å². The molecule has 2 aromatic rings. The molecule has 1 atom stereocenters. The summed E-state index contributed by atoms with van der Waals surface area (Å²) in [6.07, 6.45) is -1.52. The normalized spacial score (nSPS) is 16.1. The minimum atomic E-state index is -2.60. The molecule has 26 heavy (non-hydrogen) atoms. The second-order valence-electron chi connectivity index (χ2n) is 7.57. The van der Waals surface area contributed by atoms with Crippen molar-refractivity contribution < 1.29 is 22.7 Å². The van der Waals surface area contributed by atoms with Crippen LogP contribution >= 0.6 is 0 Å². The van der Waals surface area contributed by atoms with Gasteiger partial charge in [0.1, 0.15) is 17.2 Å². The highest BCUT2D eigenvalue weighted by molar-refractivity contribution is 5.76. The van der Waals surface area contributed by atoms with Crippen LogP contribution in [0.4, 0.5) is 18.0 Å². The van der Waals surface area contributed by atoms with E-state index in [4.69, 9.17) is 4.74 Å². The predicted molar refractivity (Wildman–Crippen MR) is 90.5 cm³/mol. The number of aromatic nitrogens is 2. The summed E-state index contributed by atoms with van der Waals surface area (Å²) in [5.74, 6) is -0.0892. The molecule has 0 bridgehead atoms. The van der Waals surface area contributed by atoms with E-state index < -0.39 is 36.5 Å². The number of nitrogens with one attached hydrogen (secondary N) is 1. The van der Waals surface area contributed by atoms with Gasteiger partial charge in [-0.2, -0.15) is 0 Å². The summed E-state index contributed by atoms with van der Waals surface area (Å²) >= 11 is 0. The fourth-order valence-corrected chi connectivity index (χ4v) is 2.95. The fourth-order valence-electron chi connectivity index (χ4n) is 2.95. The number of nitrogens with zero attached hydrogens (tertiary/aromatic N) is 2. The predicted octanol–water partition coefficient (Wildman–Crippen LogP) is 4.42. The molecule has 0 unspecified atom stereocenters. The Morgan fingerprint density at radius 1 is 1.38 bits per heavy atom. The van der Waals surface area contributed by atoms with Crippen molar-refractivity contribution in [2.75, 3.05) is 0 Å². The zero-order chi connectivity index (χ0) is 19.1. The Balaban J connectivity index is 1.98. The molecule has 1 fully saturated rings. The smallest absolute Gasteiger partial charge is 0.408 e. The summed E-state index contributed by atoms with van der Waals surface area (Å²) in [6, 6.07) is 3.29. The molecule has 1 aromatic heterocycles. The number of hydrogen-bond donors (Lipinski definition) is 1. The lowest BCUT2D eigenvalue weighted by atomic mass is 10.1. The van der Waals surface area contributed by atoms with E-state index in [0.29, 0.717) is 11.3 Å². The second kappa shape index (κ2) is 6.81. The highest BCUT2D eigenvalue weighted by Gasteiger charge is 2.38. The number of halogens is 3. The van der Waals surface area contributed by atoms with Crippen LogP contribution in [0.1, 0.15) is 45.5 Å². The highest BCUT2D eigenvalue weighted by atomic mass is 19.3. The van der Waals surface area contributed by atoms with Crippen molar-refractivity contribution in [3.05, 3.63) is 29.8 Å². The Bertz CT molecular complexity index is 810. The average Bonchev–Trinajstić information content (AvgIpc) is 3.27. The van der Waals surface area contributed by atoms with Crippen LogP contribution in [0.25, 0.3) is 11.0 Å². The number of imidazole rings is 1. The van der Waals surface area contributed by atoms with E-state index in [-0.39, 0.29) is 11.4 Å². The topological polar surface area (TPSA) is 56.1 Å². The molecule has 1 amide bonds. The van der Waals surface area contributed by atoms with Crippen molar-refractivity contribution >= 4 is 17.1 Å². The first-order valence-electron chi connectivity index (χ1n) is 8.57. The molecule has 0 saturated heterocycles. The van der Waals surface area contributed by atoms with Gasteiger partial charge in [0.2, 0.25) is 0 Å². The van der Waals surface area contributed by atoms with Gasteiger partial charge in [0, 0.05) is 6.07 Å². The van der Waals surface area contributed by atoms with Gasteiger partial charge in [0.15, 0.2) is 0 Å². The standard InChI is InChI=1S/C18H22F3N3O2/c1-18(2,3)26-17(25)23-15(10-4-5-10)16-22-12-8-11(19)6-7-13(12)24(16)9-14(20)21/h6-8,10,14-15H,4-5,9H2,1-3H3,(H,23,25)/t15-/m0/s1. The maximum atomic E-state index is 13.5. The first kappa shape index (κ1) is 18.5. The largest absolute Gasteiger partial charge is 0.444 e. The van der Waals surface area contributed by atoms with Crippen molar-refractivity contribution in [3.8, 4) is 0 Å². The Morgan fingerprint density at radius 3 is 2.65 bits per heavy atom. The van der Waals surface area contributed by atoms with Gasteiger partial charge < -0.3 is 14.6 Å². The molecule has 0 aliphatic heterocycles. The van der Waals surface area contributed by atoms with Crippen LogP contribution in [0.15, 0.2) is 18.2 Å². The van der Waals surface area contributed by atoms with E-state index in [1.54, 1.807) is 20.8 Å². The Hall–Kier alpha value is -2.25. The van der Waals surface area contributed by atoms with Crippen LogP contribution < -0.4 is 5.32 Å². The number of alkyl carbamates (subject to hydrolysis) is 1. The fraction of sp³-hybridized carbons (Fsp3) is 0.556. The van der Waals surface area contributed by atoms with Crippen molar-refractivity contribution in [2.24, 2.45) is 5.92 Å². The van der Waals surface area contributed by atoms with Crippen LogP contribution in [-0.2, 0) is 11.3 Å². The molecule has 0 radical (unpaired) electrons. The minimum absolute atomic E-state index is 0.0978. The van der Waals surface area contributed by atoms with Gasteiger partial charge in [-0.05, 0) is 51.7 Å². The number of ether oxygens (including phenoxy) is 1. The van der Waals surface area contributed by atoms with Gasteiger partial charge >= 0.3 is 6.09 Å². The summed E-state index contributed by atoms with van der Waals surface area (Å²) in [5.41, 5.74) is 0.0281. The van der Waals surface area contributed by atoms with Crippen LogP contribution in [-0.4, -0.2) is 27.7 Å². The average molecular weight is 369 g/mol. The van der Waals surface area contributed by atoms with E-state index in [2.05, 4.69) is 10.3 Å². The zero-order valence-corrected chi connectivity index (χ0v) is 14.9. The molecule has 1 N–H and O–H groups in total. The number of carbonyl (C=O) groups is 1. The molecule has 142 valence electrons. The van der Waals surface area contributed by atoms with Crippen LogP contribution in [0.5, 0.6) is 0 Å². The van der Waals surface area contributed by atoms with E-state index in [1.165, 1.54) is 22.8 Å². The van der Waals surface area contributed by atoms with Crippen molar-refractivity contribution in [3.63, 3.8) is 0 Å². The SMILES string of the molecule is CC(C)(C)OC(=O)N[C@H](c1nc2cc(F)ccc2n1CC(F)F)C1CC1. The molecule has 1 aliphatic rings. The third-order valence-corrected chi connectivity index (χ3v) is 4.10. The molecular weight excluding hydrogens is 347 g/mol. The quantitative estimate of drug-likeness (QED) is 0.849. The van der Waals surface area contributed by atoms with E-state index in [9.17, 15) is 18.0 Å². The molecule has 1 aliphatic carbocycles. The molecular formula is C18H22F3N3O2. The molecule has 1 aromatic carbocycles. The van der Waals surface area contributed by atoms with Crippen LogP contribution in [0.2, 0.25) is 0 Å². The monoisotopic (exact) mass is 369 g/mol. The van der Waals surface area contributed by atoms with Crippen molar-refractivity contribution in [1.82, 2.24) is 14.9 Å². The lowest BCUT2D eigenvalue weighted by Gasteiger charge is -2.24. The Morgan fingerprint density at radius 2 is 2.08 bits per heavy atom. The first-order valence-corrected chi connectivity index (χ1v) is 8.57. The Kier molecular flexibility index (Phi) is 4.86. The van der Waals surface area contributed by atoms with Gasteiger partial charge in [-0.25, -0.2) is 22.9 Å². The molecule has 1 heterocycles. The molecule has 1 saturated carbocycles. The summed E-state index contributed by atoms with van der Waals surface area (Å²) in [5, 5.41) is 2.76. The third kappa shape index (κ3) is 4.28. The zero-order valence-electron chi connectivity index (χ0n) is 14.9. The van der Waals surface area contributed by atoms with E-state index in [1.807, 2.05) is 0 Å². The van der Waals surface area contributed by atoms with E-state index >= 15 is 0 Å². The molecule has 3 rings (SSSR count). The Labute approximate surface area is 149 Å². The van der Waals surface area contributed by atoms with Gasteiger partial charge in [-0.3, -0.25) is 0 Å². The second-order valence-corrected chi connectivity index (χ2v) is 7.57. The van der Waals surface area contributed by atoms with Gasteiger partial charge in [0.05, 0.1) is 23.6 Å². The first-order chi connectivity index (χ1) is 12.1. The third-order valence-electron chi connectivity index (χ3n) is 4.10. The lowest BCUT2D eigenvalue weighted by Crippen LogP contribution is -2.37. The van der Waals surface area contributed by atoms with Crippen LogP contribution in [0, 0.1) is 11.7 Å². The number of alkyl halides is 2. The van der Waals surface area contributed by atoms with Gasteiger partial charge in [0.25, 0.3) is 6.43 Å². The number of amides is 1. The summed E-state index contributed by atoms with van der Waals surface area (Å²) in [4.78, 5) is 16.6. The number of rotatable bonds is 5. The lowest BCUT2D eigenvalue weighted by molar-refractivity contribution is 0.0492.